The zero-order valence-electron chi connectivity index (χ0n) is 27.8. The number of aliphatic imine (C=N–C) groups is 1. The van der Waals surface area contributed by atoms with Crippen molar-refractivity contribution in [2.75, 3.05) is 7.11 Å². The Bertz CT molecular complexity index is 1750. The van der Waals surface area contributed by atoms with Crippen LogP contribution in [0.4, 0.5) is 11.4 Å². The van der Waals surface area contributed by atoms with Crippen molar-refractivity contribution in [3.05, 3.63) is 104 Å². The van der Waals surface area contributed by atoms with Crippen molar-refractivity contribution in [2.45, 2.75) is 73.1 Å². The molecule has 0 amide bonds. The normalized spacial score (nSPS) is 12.6. The third-order valence-corrected chi connectivity index (χ3v) is 11.2. The molecule has 4 rings (SSSR count). The Hall–Kier alpha value is -3.08. The van der Waals surface area contributed by atoms with Crippen molar-refractivity contribution in [1.29, 1.82) is 0 Å². The van der Waals surface area contributed by atoms with E-state index in [0.717, 1.165) is 22.4 Å². The summed E-state index contributed by atoms with van der Waals surface area (Å²) in [5.74, 6) is 0.0270. The van der Waals surface area contributed by atoms with Gasteiger partial charge in [-0.3, -0.25) is 4.99 Å². The molecule has 0 atom stereocenters. The van der Waals surface area contributed by atoms with Crippen molar-refractivity contribution in [3.8, 4) is 11.5 Å². The van der Waals surface area contributed by atoms with Gasteiger partial charge in [0, 0.05) is 40.1 Å². The number of nitrogens with zero attached hydrogens (tertiary/aromatic N) is 2. The monoisotopic (exact) mass is 664 g/mol. The van der Waals surface area contributed by atoms with E-state index in [1.807, 2.05) is 79.7 Å². The van der Waals surface area contributed by atoms with E-state index >= 15 is 0 Å². The van der Waals surface area contributed by atoms with E-state index in [-0.39, 0.29) is 11.5 Å². The number of halogens is 2. The van der Waals surface area contributed by atoms with Gasteiger partial charge in [-0.1, -0.05) is 101 Å². The highest BCUT2D eigenvalue weighted by Crippen LogP contribution is 2.57. The number of benzene rings is 4. The first-order valence-electron chi connectivity index (χ1n) is 14.8. The molecule has 8 heteroatoms. The zero-order valence-corrected chi connectivity index (χ0v) is 30.2. The Morgan fingerprint density at radius 2 is 1.20 bits per heavy atom. The van der Waals surface area contributed by atoms with E-state index in [9.17, 15) is 10.2 Å². The number of phenolic OH excluding ortho intramolecular Hbond substituents is 2. The maximum atomic E-state index is 11.9. The van der Waals surface area contributed by atoms with Gasteiger partial charge in [-0.15, -0.1) is 0 Å². The lowest BCUT2D eigenvalue weighted by Crippen LogP contribution is -2.24. The Morgan fingerprint density at radius 3 is 1.64 bits per heavy atom. The van der Waals surface area contributed by atoms with Gasteiger partial charge in [0.2, 0.25) is 0 Å². The number of hydrogen-bond acceptors (Lipinski definition) is 5. The van der Waals surface area contributed by atoms with Crippen LogP contribution < -0.4 is 10.6 Å². The van der Waals surface area contributed by atoms with E-state index in [0.29, 0.717) is 37.5 Å². The van der Waals surface area contributed by atoms with Gasteiger partial charge in [0.25, 0.3) is 0 Å². The van der Waals surface area contributed by atoms with Crippen LogP contribution >= 0.6 is 30.5 Å². The molecular formula is C37H43Cl2N2O3P. The zero-order chi connectivity index (χ0) is 33.5. The molecule has 0 unspecified atom stereocenters. The predicted octanol–water partition coefficient (Wildman–Crippen LogP) is 10.7. The van der Waals surface area contributed by atoms with Crippen LogP contribution in [-0.4, -0.2) is 23.5 Å². The van der Waals surface area contributed by atoms with Crippen LogP contribution in [0, 0.1) is 20.8 Å². The van der Waals surface area contributed by atoms with E-state index in [4.69, 9.17) is 37.5 Å². The van der Waals surface area contributed by atoms with Crippen molar-refractivity contribution in [3.63, 3.8) is 0 Å². The largest absolute Gasteiger partial charge is 0.507 e. The molecule has 0 spiro atoms. The second-order valence-corrected chi connectivity index (χ2v) is 17.1. The molecule has 238 valence electrons. The van der Waals surface area contributed by atoms with Gasteiger partial charge in [0.15, 0.2) is 7.28 Å². The highest BCUT2D eigenvalue weighted by atomic mass is 35.5. The second-order valence-electron chi connectivity index (χ2n) is 13.6. The molecule has 0 saturated carbocycles. The van der Waals surface area contributed by atoms with Crippen LogP contribution in [0.3, 0.4) is 0 Å². The number of aromatic hydroxyl groups is 2. The van der Waals surface area contributed by atoms with Crippen LogP contribution in [0.25, 0.3) is 0 Å². The maximum absolute atomic E-state index is 11.9. The van der Waals surface area contributed by atoms with Crippen molar-refractivity contribution >= 4 is 58.7 Å². The highest BCUT2D eigenvalue weighted by molar-refractivity contribution is 7.77. The van der Waals surface area contributed by atoms with Gasteiger partial charge < -0.3 is 14.7 Å². The summed E-state index contributed by atoms with van der Waals surface area (Å²) in [5.41, 5.74) is 5.93. The van der Waals surface area contributed by atoms with Crippen molar-refractivity contribution in [1.82, 2.24) is 0 Å². The molecule has 0 fully saturated rings. The first-order chi connectivity index (χ1) is 20.9. The first-order valence-corrected chi connectivity index (χ1v) is 17.3. The molecule has 4 aromatic carbocycles. The van der Waals surface area contributed by atoms with Crippen LogP contribution in [0.15, 0.2) is 70.4 Å². The third kappa shape index (κ3) is 7.18. The lowest BCUT2D eigenvalue weighted by Gasteiger charge is -2.31. The van der Waals surface area contributed by atoms with Gasteiger partial charge in [0.1, 0.15) is 11.5 Å². The van der Waals surface area contributed by atoms with E-state index in [2.05, 4.69) is 19.1 Å². The molecule has 0 saturated heterocycles. The van der Waals surface area contributed by atoms with Gasteiger partial charge in [-0.05, 0) is 73.1 Å². The van der Waals surface area contributed by atoms with Gasteiger partial charge in [-0.2, -0.15) is 0 Å². The third-order valence-electron chi connectivity index (χ3n) is 7.80. The predicted molar refractivity (Wildman–Crippen MR) is 193 cm³/mol. The molecule has 0 aliphatic heterocycles. The molecule has 0 bridgehead atoms. The molecular weight excluding hydrogens is 622 g/mol. The smallest absolute Gasteiger partial charge is 0.155 e. The standard InChI is InChI=1S/C37H43Cl2N2O3P/c1-22-15-23(2)33(24(3)16-22)40-21-25-13-11-12-14-30(25)41-45(44-10,31-19-26(38)17-28(34(31)42)36(4,5)6)32-20-27(39)18-29(35(32)43)37(7,8)9/h11-21,42-43H,1-10H3. The molecule has 0 aliphatic carbocycles. The summed E-state index contributed by atoms with van der Waals surface area (Å²) in [6.45, 7) is 18.2. The fourth-order valence-corrected chi connectivity index (χ4v) is 9.07. The SMILES string of the molecule is COP(=Nc1ccccc1C=Nc1c(C)cc(C)cc1C)(c1cc(Cl)cc(C(C)(C)C)c1O)c1cc(Cl)cc(C(C)(C)C)c1O. The quantitative estimate of drug-likeness (QED) is 0.159. The van der Waals surface area contributed by atoms with Crippen LogP contribution in [0.2, 0.25) is 10.0 Å². The molecule has 2 N–H and O–H groups in total. The Balaban J connectivity index is 2.15. The Morgan fingerprint density at radius 1 is 0.733 bits per heavy atom. The fourth-order valence-electron chi connectivity index (χ4n) is 5.60. The summed E-state index contributed by atoms with van der Waals surface area (Å²) in [6, 6.07) is 18.7. The molecule has 45 heavy (non-hydrogen) atoms. The van der Waals surface area contributed by atoms with Gasteiger partial charge in [0.05, 0.1) is 22.0 Å². The summed E-state index contributed by atoms with van der Waals surface area (Å²) >= 11 is 13.5. The summed E-state index contributed by atoms with van der Waals surface area (Å²) in [6.07, 6.45) is 1.80. The van der Waals surface area contributed by atoms with Crippen molar-refractivity contribution < 1.29 is 14.7 Å². The minimum absolute atomic E-state index is 0.0135. The minimum Gasteiger partial charge on any atom is -0.507 e. The van der Waals surface area contributed by atoms with Crippen LogP contribution in [-0.2, 0) is 15.4 Å². The highest BCUT2D eigenvalue weighted by Gasteiger charge is 2.37. The molecule has 4 aromatic rings. The summed E-state index contributed by atoms with van der Waals surface area (Å²) in [5, 5.41) is 25.5. The number of rotatable bonds is 6. The summed E-state index contributed by atoms with van der Waals surface area (Å²) in [7, 11) is -1.94. The number of hydrogen-bond donors (Lipinski definition) is 2. The molecule has 0 aliphatic rings. The topological polar surface area (TPSA) is 74.4 Å². The minimum atomic E-state index is -3.48. The van der Waals surface area contributed by atoms with E-state index in [1.54, 1.807) is 37.6 Å². The van der Waals surface area contributed by atoms with Crippen LogP contribution in [0.5, 0.6) is 11.5 Å². The lowest BCUT2D eigenvalue weighted by atomic mass is 9.86. The van der Waals surface area contributed by atoms with E-state index < -0.39 is 18.1 Å². The van der Waals surface area contributed by atoms with Gasteiger partial charge in [-0.25, -0.2) is 4.74 Å². The number of phenols is 2. The van der Waals surface area contributed by atoms with Gasteiger partial charge >= 0.3 is 0 Å². The summed E-state index contributed by atoms with van der Waals surface area (Å²) < 4.78 is 11.8. The lowest BCUT2D eigenvalue weighted by molar-refractivity contribution is 0.440. The molecule has 0 aromatic heterocycles. The Kier molecular flexibility index (Phi) is 10.0. The Labute approximate surface area is 278 Å². The first kappa shape index (κ1) is 34.8. The summed E-state index contributed by atoms with van der Waals surface area (Å²) in [4.78, 5) is 4.88. The average Bonchev–Trinajstić information content (AvgIpc) is 2.93. The maximum Gasteiger partial charge on any atom is 0.155 e. The van der Waals surface area contributed by atoms with Crippen LogP contribution in [0.1, 0.15) is 74.9 Å². The van der Waals surface area contributed by atoms with E-state index in [1.165, 1.54) is 5.56 Å². The van der Waals surface area contributed by atoms with Crippen molar-refractivity contribution in [2.24, 2.45) is 9.74 Å². The number of aryl methyl sites for hydroxylation is 3. The average molecular weight is 666 g/mol. The fraction of sp³-hybridized carbons (Fsp3) is 0.324. The second kappa shape index (κ2) is 13.0. The molecule has 5 nitrogen and oxygen atoms in total. The molecule has 0 radical (unpaired) electrons. The molecule has 0 heterocycles.